The number of carbonyl (C=O) groups excluding carboxylic acids is 1. The van der Waals surface area contributed by atoms with Crippen molar-refractivity contribution in [1.82, 2.24) is 9.55 Å². The molecule has 2 atom stereocenters. The Morgan fingerprint density at radius 1 is 1.23 bits per heavy atom. The SMILES string of the molecule is CCOC(=O)C1CCc2nc(C(OCC)OCC)n(CC3CCO3)c2C1. The van der Waals surface area contributed by atoms with Crippen LogP contribution in [0.2, 0.25) is 0 Å². The summed E-state index contributed by atoms with van der Waals surface area (Å²) >= 11 is 0. The lowest BCUT2D eigenvalue weighted by molar-refractivity contribution is -0.148. The predicted octanol–water partition coefficient (Wildman–Crippen LogP) is 2.41. The number of hydrogen-bond acceptors (Lipinski definition) is 6. The van der Waals surface area contributed by atoms with Gasteiger partial charge in [-0.05, 0) is 40.0 Å². The number of nitrogens with zero attached hydrogens (tertiary/aromatic N) is 2. The van der Waals surface area contributed by atoms with E-state index in [1.54, 1.807) is 0 Å². The average molecular weight is 366 g/mol. The molecule has 1 fully saturated rings. The number of esters is 1. The van der Waals surface area contributed by atoms with Crippen molar-refractivity contribution >= 4 is 5.97 Å². The molecule has 0 aromatic carbocycles. The Morgan fingerprint density at radius 2 is 1.96 bits per heavy atom. The highest BCUT2D eigenvalue weighted by Crippen LogP contribution is 2.32. The Balaban J connectivity index is 1.89. The zero-order valence-electron chi connectivity index (χ0n) is 16.0. The molecule has 2 heterocycles. The van der Waals surface area contributed by atoms with E-state index in [0.29, 0.717) is 26.2 Å². The largest absolute Gasteiger partial charge is 0.466 e. The number of hydrogen-bond donors (Lipinski definition) is 0. The summed E-state index contributed by atoms with van der Waals surface area (Å²) in [4.78, 5) is 17.1. The molecule has 7 heteroatoms. The Morgan fingerprint density at radius 3 is 2.54 bits per heavy atom. The van der Waals surface area contributed by atoms with Gasteiger partial charge in [-0.15, -0.1) is 0 Å². The molecule has 146 valence electrons. The van der Waals surface area contributed by atoms with Gasteiger partial charge in [0.2, 0.25) is 6.29 Å². The van der Waals surface area contributed by atoms with Crippen LogP contribution in [0, 0.1) is 5.92 Å². The number of imidazole rings is 1. The molecule has 1 aliphatic heterocycles. The maximum Gasteiger partial charge on any atom is 0.309 e. The van der Waals surface area contributed by atoms with E-state index in [1.807, 2.05) is 20.8 Å². The molecule has 0 radical (unpaired) electrons. The Bertz CT molecular complexity index is 605. The second kappa shape index (κ2) is 8.97. The molecule has 1 aromatic rings. The van der Waals surface area contributed by atoms with Crippen LogP contribution >= 0.6 is 0 Å². The summed E-state index contributed by atoms with van der Waals surface area (Å²) < 4.78 is 24.6. The van der Waals surface area contributed by atoms with Gasteiger partial charge in [-0.2, -0.15) is 0 Å². The fourth-order valence-electron chi connectivity index (χ4n) is 3.61. The van der Waals surface area contributed by atoms with Crippen molar-refractivity contribution in [3.8, 4) is 0 Å². The van der Waals surface area contributed by atoms with Crippen LogP contribution in [0.5, 0.6) is 0 Å². The maximum absolute atomic E-state index is 12.2. The van der Waals surface area contributed by atoms with E-state index < -0.39 is 6.29 Å². The summed E-state index contributed by atoms with van der Waals surface area (Å²) in [5.74, 6) is 0.572. The van der Waals surface area contributed by atoms with Gasteiger partial charge in [0, 0.05) is 31.9 Å². The van der Waals surface area contributed by atoms with Crippen molar-refractivity contribution in [2.75, 3.05) is 26.4 Å². The van der Waals surface area contributed by atoms with Crippen LogP contribution in [0.3, 0.4) is 0 Å². The van der Waals surface area contributed by atoms with Gasteiger partial charge in [0.25, 0.3) is 0 Å². The molecule has 0 saturated carbocycles. The quantitative estimate of drug-likeness (QED) is 0.494. The lowest BCUT2D eigenvalue weighted by Gasteiger charge is -2.30. The first-order valence-corrected chi connectivity index (χ1v) is 9.77. The normalized spacial score (nSPS) is 22.2. The molecule has 7 nitrogen and oxygen atoms in total. The van der Waals surface area contributed by atoms with Crippen LogP contribution < -0.4 is 0 Å². The maximum atomic E-state index is 12.2. The van der Waals surface area contributed by atoms with Crippen LogP contribution in [0.4, 0.5) is 0 Å². The van der Waals surface area contributed by atoms with Gasteiger partial charge >= 0.3 is 5.97 Å². The molecule has 1 aromatic heterocycles. The van der Waals surface area contributed by atoms with Crippen molar-refractivity contribution < 1.29 is 23.7 Å². The third kappa shape index (κ3) is 4.10. The number of rotatable bonds is 9. The first-order valence-electron chi connectivity index (χ1n) is 9.77. The van der Waals surface area contributed by atoms with E-state index in [2.05, 4.69) is 4.57 Å². The number of ether oxygens (including phenoxy) is 4. The van der Waals surface area contributed by atoms with Crippen LogP contribution in [0.25, 0.3) is 0 Å². The standard InChI is InChI=1S/C19H30N2O5/c1-4-23-18(22)13-7-8-15-16(11-13)21(12-14-9-10-26-14)17(20-15)19(24-5-2)25-6-3/h13-14,19H,4-12H2,1-3H3. The lowest BCUT2D eigenvalue weighted by Crippen LogP contribution is -2.34. The van der Waals surface area contributed by atoms with E-state index in [9.17, 15) is 4.79 Å². The van der Waals surface area contributed by atoms with Gasteiger partial charge in [-0.3, -0.25) is 4.79 Å². The van der Waals surface area contributed by atoms with Crippen molar-refractivity contribution in [1.29, 1.82) is 0 Å². The fourth-order valence-corrected chi connectivity index (χ4v) is 3.61. The highest BCUT2D eigenvalue weighted by atomic mass is 16.7. The first-order chi connectivity index (χ1) is 12.7. The van der Waals surface area contributed by atoms with Gasteiger partial charge in [0.05, 0.1) is 30.9 Å². The van der Waals surface area contributed by atoms with Crippen LogP contribution in [0.1, 0.15) is 57.1 Å². The van der Waals surface area contributed by atoms with Crippen molar-refractivity contribution in [3.05, 3.63) is 17.2 Å². The van der Waals surface area contributed by atoms with Gasteiger partial charge in [0.15, 0.2) is 5.82 Å². The van der Waals surface area contributed by atoms with Gasteiger partial charge < -0.3 is 23.5 Å². The zero-order chi connectivity index (χ0) is 18.5. The third-order valence-corrected chi connectivity index (χ3v) is 5.00. The molecule has 1 saturated heterocycles. The minimum absolute atomic E-state index is 0.106. The summed E-state index contributed by atoms with van der Waals surface area (Å²) in [6.45, 7) is 8.79. The van der Waals surface area contributed by atoms with E-state index >= 15 is 0 Å². The first kappa shape index (κ1) is 19.3. The third-order valence-electron chi connectivity index (χ3n) is 5.00. The van der Waals surface area contributed by atoms with E-state index in [-0.39, 0.29) is 18.0 Å². The number of carbonyl (C=O) groups is 1. The van der Waals surface area contributed by atoms with Crippen molar-refractivity contribution in [2.24, 2.45) is 5.92 Å². The molecule has 0 amide bonds. The average Bonchev–Trinajstić information content (AvgIpc) is 2.95. The second-order valence-electron chi connectivity index (χ2n) is 6.69. The number of aromatic nitrogens is 2. The van der Waals surface area contributed by atoms with Crippen molar-refractivity contribution in [3.63, 3.8) is 0 Å². The molecule has 26 heavy (non-hydrogen) atoms. The lowest BCUT2D eigenvalue weighted by atomic mass is 9.89. The summed E-state index contributed by atoms with van der Waals surface area (Å²) in [5, 5.41) is 0. The van der Waals surface area contributed by atoms with Gasteiger partial charge in [0.1, 0.15) is 0 Å². The second-order valence-corrected chi connectivity index (χ2v) is 6.69. The summed E-state index contributed by atoms with van der Waals surface area (Å²) in [7, 11) is 0. The molecule has 2 aliphatic rings. The molecule has 0 spiro atoms. The fraction of sp³-hybridized carbons (Fsp3) is 0.789. The van der Waals surface area contributed by atoms with E-state index in [0.717, 1.165) is 49.6 Å². The highest BCUT2D eigenvalue weighted by molar-refractivity contribution is 5.73. The van der Waals surface area contributed by atoms with Crippen LogP contribution in [-0.2, 0) is 43.1 Å². The molecule has 0 bridgehead atoms. The van der Waals surface area contributed by atoms with Crippen LogP contribution in [0.15, 0.2) is 0 Å². The van der Waals surface area contributed by atoms with E-state index in [1.165, 1.54) is 0 Å². The molecule has 1 aliphatic carbocycles. The molecular formula is C19H30N2O5. The molecule has 3 rings (SSSR count). The predicted molar refractivity (Wildman–Crippen MR) is 94.7 cm³/mol. The number of aryl methyl sites for hydroxylation is 1. The Kier molecular flexibility index (Phi) is 6.67. The zero-order valence-corrected chi connectivity index (χ0v) is 16.0. The molecule has 0 N–H and O–H groups in total. The summed E-state index contributed by atoms with van der Waals surface area (Å²) in [6.07, 6.45) is 2.95. The topological polar surface area (TPSA) is 71.8 Å². The van der Waals surface area contributed by atoms with Gasteiger partial charge in [-0.1, -0.05) is 0 Å². The summed E-state index contributed by atoms with van der Waals surface area (Å²) in [5.41, 5.74) is 2.15. The minimum Gasteiger partial charge on any atom is -0.466 e. The number of fused-ring (bicyclic) bond motifs is 1. The van der Waals surface area contributed by atoms with Crippen LogP contribution in [-0.4, -0.2) is 48.1 Å². The Hall–Kier alpha value is -1.44. The molecule has 2 unspecified atom stereocenters. The highest BCUT2D eigenvalue weighted by Gasteiger charge is 2.34. The smallest absolute Gasteiger partial charge is 0.309 e. The summed E-state index contributed by atoms with van der Waals surface area (Å²) in [6, 6.07) is 0. The molecular weight excluding hydrogens is 336 g/mol. The monoisotopic (exact) mass is 366 g/mol. The van der Waals surface area contributed by atoms with Crippen molar-refractivity contribution in [2.45, 2.75) is 65.4 Å². The van der Waals surface area contributed by atoms with E-state index in [4.69, 9.17) is 23.9 Å². The minimum atomic E-state index is -0.489. The van der Waals surface area contributed by atoms with Gasteiger partial charge in [-0.25, -0.2) is 4.98 Å². The Labute approximate surface area is 155 Å².